The molecule has 0 aromatic carbocycles. The quantitative estimate of drug-likeness (QED) is 0.844. The highest BCUT2D eigenvalue weighted by atomic mass is 32.2. The molecule has 0 aromatic rings. The lowest BCUT2D eigenvalue weighted by Gasteiger charge is -2.31. The molecule has 1 saturated carbocycles. The van der Waals surface area contributed by atoms with Crippen molar-refractivity contribution in [2.75, 3.05) is 11.5 Å². The van der Waals surface area contributed by atoms with Gasteiger partial charge in [-0.25, -0.2) is 8.42 Å². The predicted molar refractivity (Wildman–Crippen MR) is 68.5 cm³/mol. The Morgan fingerprint density at radius 3 is 2.65 bits per heavy atom. The normalized spacial score (nSPS) is 39.1. The molecule has 0 spiro atoms. The molecule has 4 heteroatoms. The second kappa shape index (κ2) is 5.27. The molecular weight excluding hydrogens is 236 g/mol. The number of hydrogen-bond acceptors (Lipinski definition) is 3. The van der Waals surface area contributed by atoms with Crippen molar-refractivity contribution in [1.82, 2.24) is 0 Å². The summed E-state index contributed by atoms with van der Waals surface area (Å²) in [4.78, 5) is 0. The van der Waals surface area contributed by atoms with Gasteiger partial charge in [0.1, 0.15) is 0 Å². The van der Waals surface area contributed by atoms with E-state index >= 15 is 0 Å². The number of hydrogen-bond donors (Lipinski definition) is 1. The topological polar surface area (TPSA) is 54.4 Å². The van der Waals surface area contributed by atoms with Crippen molar-refractivity contribution in [3.8, 4) is 0 Å². The Morgan fingerprint density at radius 2 is 2.06 bits per heavy atom. The number of sulfone groups is 1. The smallest absolute Gasteiger partial charge is 0.150 e. The minimum absolute atomic E-state index is 0.201. The van der Waals surface area contributed by atoms with Crippen LogP contribution in [0.3, 0.4) is 0 Å². The third-order valence-electron chi connectivity index (χ3n) is 4.42. The van der Waals surface area contributed by atoms with Crippen molar-refractivity contribution in [1.29, 1.82) is 0 Å². The number of rotatable bonds is 3. The molecule has 4 unspecified atom stereocenters. The SMILES string of the molecule is CC1CCCC(C(O)CC2CCS(=O)(=O)C2)C1. The van der Waals surface area contributed by atoms with Gasteiger partial charge in [0.2, 0.25) is 0 Å². The van der Waals surface area contributed by atoms with E-state index in [-0.39, 0.29) is 12.0 Å². The Bertz CT molecular complexity index is 350. The summed E-state index contributed by atoms with van der Waals surface area (Å²) in [6.45, 7) is 2.25. The fraction of sp³-hybridized carbons (Fsp3) is 1.00. The van der Waals surface area contributed by atoms with E-state index in [1.54, 1.807) is 0 Å². The first-order chi connectivity index (χ1) is 7.96. The largest absolute Gasteiger partial charge is 0.393 e. The van der Waals surface area contributed by atoms with Gasteiger partial charge >= 0.3 is 0 Å². The molecular formula is C13H24O3S. The van der Waals surface area contributed by atoms with Gasteiger partial charge in [-0.2, -0.15) is 0 Å². The van der Waals surface area contributed by atoms with Crippen LogP contribution in [0.15, 0.2) is 0 Å². The summed E-state index contributed by atoms with van der Waals surface area (Å²) in [7, 11) is -2.79. The van der Waals surface area contributed by atoms with Crippen molar-refractivity contribution in [3.05, 3.63) is 0 Å². The van der Waals surface area contributed by atoms with Crippen molar-refractivity contribution in [3.63, 3.8) is 0 Å². The summed E-state index contributed by atoms with van der Waals surface area (Å²) in [5.74, 6) is 1.95. The zero-order valence-corrected chi connectivity index (χ0v) is 11.5. The summed E-state index contributed by atoms with van der Waals surface area (Å²) >= 11 is 0. The highest BCUT2D eigenvalue weighted by molar-refractivity contribution is 7.91. The molecule has 3 nitrogen and oxygen atoms in total. The predicted octanol–water partition coefficient (Wildman–Crippen LogP) is 2.00. The van der Waals surface area contributed by atoms with Crippen molar-refractivity contribution in [2.45, 2.75) is 51.6 Å². The lowest BCUT2D eigenvalue weighted by Crippen LogP contribution is -2.28. The molecule has 0 aromatic heterocycles. The lowest BCUT2D eigenvalue weighted by molar-refractivity contribution is 0.0540. The van der Waals surface area contributed by atoms with Gasteiger partial charge in [-0.1, -0.05) is 19.8 Å². The van der Waals surface area contributed by atoms with Crippen LogP contribution in [0.4, 0.5) is 0 Å². The maximum Gasteiger partial charge on any atom is 0.150 e. The molecule has 1 N–H and O–H groups in total. The second-order valence-electron chi connectivity index (χ2n) is 6.10. The van der Waals surface area contributed by atoms with E-state index in [2.05, 4.69) is 6.92 Å². The van der Waals surface area contributed by atoms with Crippen LogP contribution >= 0.6 is 0 Å². The summed E-state index contributed by atoms with van der Waals surface area (Å²) in [6.07, 6.45) is 5.88. The fourth-order valence-corrected chi connectivity index (χ4v) is 5.30. The summed E-state index contributed by atoms with van der Waals surface area (Å²) in [5, 5.41) is 10.2. The molecule has 0 bridgehead atoms. The maximum atomic E-state index is 11.4. The monoisotopic (exact) mass is 260 g/mol. The van der Waals surface area contributed by atoms with E-state index < -0.39 is 9.84 Å². The van der Waals surface area contributed by atoms with Gasteiger partial charge in [-0.15, -0.1) is 0 Å². The Labute approximate surface area is 105 Å². The Kier molecular flexibility index (Phi) is 4.14. The van der Waals surface area contributed by atoms with Gasteiger partial charge in [-0.3, -0.25) is 0 Å². The molecule has 100 valence electrons. The van der Waals surface area contributed by atoms with Gasteiger partial charge in [0.05, 0.1) is 17.6 Å². The van der Waals surface area contributed by atoms with Gasteiger partial charge in [0, 0.05) is 0 Å². The molecule has 2 fully saturated rings. The number of aliphatic hydroxyl groups is 1. The molecule has 1 saturated heterocycles. The molecule has 0 amide bonds. The van der Waals surface area contributed by atoms with Crippen LogP contribution in [-0.4, -0.2) is 31.1 Å². The third kappa shape index (κ3) is 3.68. The van der Waals surface area contributed by atoms with E-state index in [9.17, 15) is 13.5 Å². The maximum absolute atomic E-state index is 11.4. The van der Waals surface area contributed by atoms with Crippen molar-refractivity contribution < 1.29 is 13.5 Å². The van der Waals surface area contributed by atoms with Gasteiger partial charge in [-0.05, 0) is 43.4 Å². The first-order valence-electron chi connectivity index (χ1n) is 6.85. The Balaban J connectivity index is 1.82. The average Bonchev–Trinajstić information content (AvgIpc) is 2.58. The van der Waals surface area contributed by atoms with Crippen LogP contribution in [0.1, 0.15) is 45.4 Å². The Morgan fingerprint density at radius 1 is 1.29 bits per heavy atom. The molecule has 0 radical (unpaired) electrons. The standard InChI is InChI=1S/C13H24O3S/c1-10-3-2-4-12(7-10)13(14)8-11-5-6-17(15,16)9-11/h10-14H,2-9H2,1H3. The van der Waals surface area contributed by atoms with Crippen LogP contribution in [-0.2, 0) is 9.84 Å². The van der Waals surface area contributed by atoms with Gasteiger partial charge in [0.15, 0.2) is 9.84 Å². The minimum atomic E-state index is -2.79. The van der Waals surface area contributed by atoms with E-state index in [1.165, 1.54) is 12.8 Å². The summed E-state index contributed by atoms with van der Waals surface area (Å²) in [6, 6.07) is 0. The zero-order valence-electron chi connectivity index (χ0n) is 10.6. The van der Waals surface area contributed by atoms with Crippen LogP contribution in [0.5, 0.6) is 0 Å². The van der Waals surface area contributed by atoms with Crippen LogP contribution in [0, 0.1) is 17.8 Å². The number of aliphatic hydroxyl groups excluding tert-OH is 1. The average molecular weight is 260 g/mol. The lowest BCUT2D eigenvalue weighted by atomic mass is 9.77. The molecule has 1 heterocycles. The molecule has 4 atom stereocenters. The first kappa shape index (κ1) is 13.3. The third-order valence-corrected chi connectivity index (χ3v) is 6.26. The van der Waals surface area contributed by atoms with Crippen molar-refractivity contribution in [2.24, 2.45) is 17.8 Å². The minimum Gasteiger partial charge on any atom is -0.393 e. The van der Waals surface area contributed by atoms with Crippen molar-refractivity contribution >= 4 is 9.84 Å². The van der Waals surface area contributed by atoms with E-state index in [0.29, 0.717) is 23.8 Å². The van der Waals surface area contributed by atoms with E-state index in [4.69, 9.17) is 0 Å². The van der Waals surface area contributed by atoms with Crippen LogP contribution in [0.2, 0.25) is 0 Å². The van der Waals surface area contributed by atoms with Gasteiger partial charge < -0.3 is 5.11 Å². The Hall–Kier alpha value is -0.0900. The molecule has 2 aliphatic rings. The molecule has 1 aliphatic carbocycles. The highest BCUT2D eigenvalue weighted by Gasteiger charge is 2.32. The summed E-state index contributed by atoms with van der Waals surface area (Å²) in [5.41, 5.74) is 0. The van der Waals surface area contributed by atoms with E-state index in [1.807, 2.05) is 0 Å². The van der Waals surface area contributed by atoms with Gasteiger partial charge in [0.25, 0.3) is 0 Å². The zero-order chi connectivity index (χ0) is 12.5. The van der Waals surface area contributed by atoms with E-state index in [0.717, 1.165) is 25.2 Å². The molecule has 2 rings (SSSR count). The second-order valence-corrected chi connectivity index (χ2v) is 8.33. The molecule has 1 aliphatic heterocycles. The first-order valence-corrected chi connectivity index (χ1v) is 8.67. The summed E-state index contributed by atoms with van der Waals surface area (Å²) < 4.78 is 22.7. The van der Waals surface area contributed by atoms with Crippen LogP contribution < -0.4 is 0 Å². The fourth-order valence-electron chi connectivity index (χ4n) is 3.42. The van der Waals surface area contributed by atoms with Crippen LogP contribution in [0.25, 0.3) is 0 Å². The molecule has 17 heavy (non-hydrogen) atoms. The highest BCUT2D eigenvalue weighted by Crippen LogP contribution is 2.34.